The van der Waals surface area contributed by atoms with E-state index in [0.717, 1.165) is 12.8 Å². The van der Waals surface area contributed by atoms with Gasteiger partial charge in [-0.3, -0.25) is 0 Å². The molecule has 0 saturated carbocycles. The summed E-state index contributed by atoms with van der Waals surface area (Å²) in [5.74, 6) is 1.04. The van der Waals surface area contributed by atoms with Crippen LogP contribution in [0.25, 0.3) is 0 Å². The molecule has 0 spiro atoms. The van der Waals surface area contributed by atoms with Crippen LogP contribution in [0.4, 0.5) is 0 Å². The van der Waals surface area contributed by atoms with Crippen molar-refractivity contribution in [1.82, 2.24) is 5.32 Å². The Bertz CT molecular complexity index is 276. The Morgan fingerprint density at radius 2 is 2.27 bits per heavy atom. The minimum Gasteiger partial charge on any atom is -0.380 e. The molecular weight excluding hydrogens is 214 g/mol. The Morgan fingerprint density at radius 3 is 2.73 bits per heavy atom. The second kappa shape index (κ2) is 5.82. The predicted octanol–water partition coefficient (Wildman–Crippen LogP) is 0.436. The van der Waals surface area contributed by atoms with E-state index >= 15 is 0 Å². The van der Waals surface area contributed by atoms with Crippen LogP contribution in [0.2, 0.25) is 0 Å². The number of hydrogen-bond acceptors (Lipinski definition) is 4. The molecule has 0 aromatic carbocycles. The van der Waals surface area contributed by atoms with Gasteiger partial charge in [0, 0.05) is 12.6 Å². The molecule has 2 atom stereocenters. The minimum absolute atomic E-state index is 0.281. The van der Waals surface area contributed by atoms with Crippen LogP contribution in [0, 0.1) is 5.92 Å². The van der Waals surface area contributed by atoms with Gasteiger partial charge in [0.1, 0.15) is 0 Å². The van der Waals surface area contributed by atoms with E-state index in [1.165, 1.54) is 0 Å². The molecular formula is C10H21NO3S. The molecule has 90 valence electrons. The van der Waals surface area contributed by atoms with Crippen molar-refractivity contribution < 1.29 is 13.2 Å². The molecule has 1 heterocycles. The first-order valence-electron chi connectivity index (χ1n) is 5.53. The maximum absolute atomic E-state index is 11.3. The maximum Gasteiger partial charge on any atom is 0.150 e. The summed E-state index contributed by atoms with van der Waals surface area (Å²) < 4.78 is 27.9. The standard InChI is InChI=1S/C10H21NO3S/c1-3-14-7-10(11-2)6-9-4-5-15(12,13)8-9/h9-11H,3-8H2,1-2H3. The molecule has 15 heavy (non-hydrogen) atoms. The third-order valence-electron chi connectivity index (χ3n) is 2.88. The lowest BCUT2D eigenvalue weighted by Gasteiger charge is -2.18. The fourth-order valence-corrected chi connectivity index (χ4v) is 3.87. The molecule has 1 N–H and O–H groups in total. The first kappa shape index (κ1) is 12.9. The highest BCUT2D eigenvalue weighted by Gasteiger charge is 2.29. The monoisotopic (exact) mass is 235 g/mol. The summed E-state index contributed by atoms with van der Waals surface area (Å²) in [7, 11) is -0.842. The Labute approximate surface area is 92.3 Å². The topological polar surface area (TPSA) is 55.4 Å². The van der Waals surface area contributed by atoms with Crippen molar-refractivity contribution in [2.75, 3.05) is 31.8 Å². The number of nitrogens with one attached hydrogen (secondary N) is 1. The van der Waals surface area contributed by atoms with Gasteiger partial charge in [-0.05, 0) is 32.7 Å². The van der Waals surface area contributed by atoms with E-state index in [9.17, 15) is 8.42 Å². The second-order valence-corrected chi connectivity index (χ2v) is 6.38. The van der Waals surface area contributed by atoms with Crippen LogP contribution >= 0.6 is 0 Å². The Balaban J connectivity index is 2.33. The summed E-state index contributed by atoms with van der Waals surface area (Å²) in [6, 6.07) is 0.281. The van der Waals surface area contributed by atoms with Gasteiger partial charge in [-0.2, -0.15) is 0 Å². The summed E-state index contributed by atoms with van der Waals surface area (Å²) in [6.07, 6.45) is 1.71. The summed E-state index contributed by atoms with van der Waals surface area (Å²) in [6.45, 7) is 3.34. The maximum atomic E-state index is 11.3. The molecule has 0 bridgehead atoms. The minimum atomic E-state index is -2.74. The van der Waals surface area contributed by atoms with Gasteiger partial charge < -0.3 is 10.1 Å². The SMILES string of the molecule is CCOCC(CC1CCS(=O)(=O)C1)NC. The predicted molar refractivity (Wildman–Crippen MR) is 60.7 cm³/mol. The van der Waals surface area contributed by atoms with Gasteiger partial charge in [-0.25, -0.2) is 8.42 Å². The van der Waals surface area contributed by atoms with E-state index in [2.05, 4.69) is 5.32 Å². The molecule has 1 saturated heterocycles. The normalized spacial score (nSPS) is 26.7. The molecule has 0 radical (unpaired) electrons. The van der Waals surface area contributed by atoms with Gasteiger partial charge in [0.05, 0.1) is 18.1 Å². The molecule has 0 amide bonds. The summed E-state index contributed by atoms with van der Waals surface area (Å²) >= 11 is 0. The molecule has 4 nitrogen and oxygen atoms in total. The van der Waals surface area contributed by atoms with Gasteiger partial charge in [-0.15, -0.1) is 0 Å². The largest absolute Gasteiger partial charge is 0.380 e. The lowest BCUT2D eigenvalue weighted by atomic mass is 10.00. The molecule has 5 heteroatoms. The fraction of sp³-hybridized carbons (Fsp3) is 1.00. The number of hydrogen-bond donors (Lipinski definition) is 1. The van der Waals surface area contributed by atoms with E-state index in [0.29, 0.717) is 30.6 Å². The van der Waals surface area contributed by atoms with E-state index in [-0.39, 0.29) is 6.04 Å². The molecule has 0 aliphatic carbocycles. The van der Waals surface area contributed by atoms with Crippen LogP contribution in [0.5, 0.6) is 0 Å². The van der Waals surface area contributed by atoms with Crippen LogP contribution in [-0.2, 0) is 14.6 Å². The number of sulfone groups is 1. The van der Waals surface area contributed by atoms with Crippen LogP contribution < -0.4 is 5.32 Å². The van der Waals surface area contributed by atoms with Crippen molar-refractivity contribution in [1.29, 1.82) is 0 Å². The zero-order chi connectivity index (χ0) is 11.3. The summed E-state index contributed by atoms with van der Waals surface area (Å²) in [4.78, 5) is 0. The van der Waals surface area contributed by atoms with Crippen molar-refractivity contribution in [3.63, 3.8) is 0 Å². The number of rotatable bonds is 6. The molecule has 2 unspecified atom stereocenters. The van der Waals surface area contributed by atoms with Gasteiger partial charge in [0.25, 0.3) is 0 Å². The van der Waals surface area contributed by atoms with Gasteiger partial charge >= 0.3 is 0 Å². The quantitative estimate of drug-likeness (QED) is 0.725. The lowest BCUT2D eigenvalue weighted by Crippen LogP contribution is -2.32. The molecule has 0 aromatic rings. The van der Waals surface area contributed by atoms with Gasteiger partial charge in [0.15, 0.2) is 9.84 Å². The Hall–Kier alpha value is -0.130. The zero-order valence-electron chi connectivity index (χ0n) is 9.53. The van der Waals surface area contributed by atoms with Crippen molar-refractivity contribution in [2.45, 2.75) is 25.8 Å². The number of likely N-dealkylation sites (N-methyl/N-ethyl adjacent to an activating group) is 1. The second-order valence-electron chi connectivity index (χ2n) is 4.15. The Morgan fingerprint density at radius 1 is 1.53 bits per heavy atom. The first-order chi connectivity index (χ1) is 7.07. The van der Waals surface area contributed by atoms with E-state index in [1.54, 1.807) is 0 Å². The van der Waals surface area contributed by atoms with E-state index in [4.69, 9.17) is 4.74 Å². The lowest BCUT2D eigenvalue weighted by molar-refractivity contribution is 0.118. The third-order valence-corrected chi connectivity index (χ3v) is 4.71. The molecule has 1 rings (SSSR count). The smallest absolute Gasteiger partial charge is 0.150 e. The Kier molecular flexibility index (Phi) is 5.02. The van der Waals surface area contributed by atoms with Crippen molar-refractivity contribution in [3.05, 3.63) is 0 Å². The van der Waals surface area contributed by atoms with Gasteiger partial charge in [0.2, 0.25) is 0 Å². The van der Waals surface area contributed by atoms with Gasteiger partial charge in [-0.1, -0.05) is 0 Å². The van der Waals surface area contributed by atoms with Crippen molar-refractivity contribution in [2.24, 2.45) is 5.92 Å². The summed E-state index contributed by atoms with van der Waals surface area (Å²) in [5.41, 5.74) is 0. The molecule has 1 aliphatic rings. The summed E-state index contributed by atoms with van der Waals surface area (Å²) in [5, 5.41) is 3.17. The molecule has 1 fully saturated rings. The first-order valence-corrected chi connectivity index (χ1v) is 7.35. The highest BCUT2D eigenvalue weighted by molar-refractivity contribution is 7.91. The molecule has 0 aromatic heterocycles. The zero-order valence-corrected chi connectivity index (χ0v) is 10.3. The third kappa shape index (κ3) is 4.49. The average Bonchev–Trinajstić information content (AvgIpc) is 2.52. The van der Waals surface area contributed by atoms with Crippen LogP contribution in [0.3, 0.4) is 0 Å². The number of ether oxygens (including phenoxy) is 1. The fourth-order valence-electron chi connectivity index (χ4n) is 1.99. The van der Waals surface area contributed by atoms with Crippen LogP contribution in [-0.4, -0.2) is 46.2 Å². The highest BCUT2D eigenvalue weighted by atomic mass is 32.2. The van der Waals surface area contributed by atoms with E-state index in [1.807, 2.05) is 14.0 Å². The highest BCUT2D eigenvalue weighted by Crippen LogP contribution is 2.22. The van der Waals surface area contributed by atoms with E-state index < -0.39 is 9.84 Å². The van der Waals surface area contributed by atoms with Crippen LogP contribution in [0.15, 0.2) is 0 Å². The average molecular weight is 235 g/mol. The van der Waals surface area contributed by atoms with Crippen molar-refractivity contribution >= 4 is 9.84 Å². The van der Waals surface area contributed by atoms with Crippen molar-refractivity contribution in [3.8, 4) is 0 Å². The van der Waals surface area contributed by atoms with Crippen LogP contribution in [0.1, 0.15) is 19.8 Å². The molecule has 1 aliphatic heterocycles.